The standard InChI is InChI=1S/C10H21N3O.C2H6/c1-4-12-5-7-13(8-6-12)10(2,3)9(11)14;1-2/h4-8H2,1-3H3,(H2,11,14);1-2H3. The SMILES string of the molecule is CC.CCN1CCN(C(C)(C)C(N)=O)CC1. The molecule has 16 heavy (non-hydrogen) atoms. The number of carbonyl (C=O) groups excluding carboxylic acids is 1. The van der Waals surface area contributed by atoms with Crippen molar-refractivity contribution in [3.8, 4) is 0 Å². The minimum atomic E-state index is -0.500. The summed E-state index contributed by atoms with van der Waals surface area (Å²) in [6.45, 7) is 15.0. The molecule has 1 amide bonds. The zero-order valence-corrected chi connectivity index (χ0v) is 11.4. The molecule has 96 valence electrons. The summed E-state index contributed by atoms with van der Waals surface area (Å²) in [5.41, 5.74) is 4.87. The molecule has 1 aliphatic heterocycles. The number of nitrogens with two attached hydrogens (primary N) is 1. The smallest absolute Gasteiger partial charge is 0.237 e. The molecule has 2 N–H and O–H groups in total. The van der Waals surface area contributed by atoms with Gasteiger partial charge in [-0.3, -0.25) is 9.69 Å². The lowest BCUT2D eigenvalue weighted by molar-refractivity contribution is -0.129. The summed E-state index contributed by atoms with van der Waals surface area (Å²) in [5.74, 6) is -0.234. The largest absolute Gasteiger partial charge is 0.368 e. The van der Waals surface area contributed by atoms with E-state index in [1.165, 1.54) is 0 Å². The van der Waals surface area contributed by atoms with E-state index in [0.717, 1.165) is 32.7 Å². The Bertz CT molecular complexity index is 208. The Balaban J connectivity index is 0.00000106. The van der Waals surface area contributed by atoms with Crippen LogP contribution in [-0.2, 0) is 4.79 Å². The molecule has 1 aliphatic rings. The third kappa shape index (κ3) is 3.76. The molecule has 0 radical (unpaired) electrons. The van der Waals surface area contributed by atoms with Gasteiger partial charge >= 0.3 is 0 Å². The van der Waals surface area contributed by atoms with Crippen LogP contribution in [0.4, 0.5) is 0 Å². The van der Waals surface area contributed by atoms with Gasteiger partial charge in [-0.1, -0.05) is 20.8 Å². The molecule has 1 heterocycles. The lowest BCUT2D eigenvalue weighted by atomic mass is 10.0. The van der Waals surface area contributed by atoms with Gasteiger partial charge in [-0.15, -0.1) is 0 Å². The van der Waals surface area contributed by atoms with Gasteiger partial charge < -0.3 is 10.6 Å². The van der Waals surface area contributed by atoms with Gasteiger partial charge in [-0.05, 0) is 20.4 Å². The summed E-state index contributed by atoms with van der Waals surface area (Å²) in [4.78, 5) is 15.8. The van der Waals surface area contributed by atoms with Crippen LogP contribution in [-0.4, -0.2) is 54.0 Å². The summed E-state index contributed by atoms with van der Waals surface area (Å²) in [6, 6.07) is 0. The summed E-state index contributed by atoms with van der Waals surface area (Å²) in [6.07, 6.45) is 0. The van der Waals surface area contributed by atoms with Crippen molar-refractivity contribution in [3.63, 3.8) is 0 Å². The van der Waals surface area contributed by atoms with Crippen molar-refractivity contribution in [1.29, 1.82) is 0 Å². The Morgan fingerprint density at radius 1 is 1.19 bits per heavy atom. The highest BCUT2D eigenvalue weighted by Crippen LogP contribution is 2.16. The first-order valence-corrected chi connectivity index (χ1v) is 6.25. The number of primary amides is 1. The van der Waals surface area contributed by atoms with E-state index in [0.29, 0.717) is 0 Å². The minimum absolute atomic E-state index is 0.234. The van der Waals surface area contributed by atoms with E-state index in [1.54, 1.807) is 0 Å². The highest BCUT2D eigenvalue weighted by Gasteiger charge is 2.34. The van der Waals surface area contributed by atoms with Gasteiger partial charge in [0, 0.05) is 26.2 Å². The fourth-order valence-corrected chi connectivity index (χ4v) is 1.78. The van der Waals surface area contributed by atoms with Gasteiger partial charge in [0.05, 0.1) is 5.54 Å². The van der Waals surface area contributed by atoms with E-state index in [2.05, 4.69) is 16.7 Å². The van der Waals surface area contributed by atoms with Gasteiger partial charge in [-0.25, -0.2) is 0 Å². The maximum absolute atomic E-state index is 11.2. The first kappa shape index (κ1) is 15.4. The lowest BCUT2D eigenvalue weighted by Crippen LogP contribution is -2.59. The number of hydrogen-bond donors (Lipinski definition) is 1. The topological polar surface area (TPSA) is 49.6 Å². The van der Waals surface area contributed by atoms with Crippen LogP contribution in [0.2, 0.25) is 0 Å². The minimum Gasteiger partial charge on any atom is -0.368 e. The number of likely N-dealkylation sites (N-methyl/N-ethyl adjacent to an activating group) is 1. The van der Waals surface area contributed by atoms with E-state index in [4.69, 9.17) is 5.73 Å². The second-order valence-electron chi connectivity index (χ2n) is 4.34. The van der Waals surface area contributed by atoms with Crippen molar-refractivity contribution in [2.24, 2.45) is 5.73 Å². The molecule has 1 rings (SSSR count). The molecule has 0 aromatic heterocycles. The Hall–Kier alpha value is -0.610. The summed E-state index contributed by atoms with van der Waals surface area (Å²) in [5, 5.41) is 0. The quantitative estimate of drug-likeness (QED) is 0.783. The van der Waals surface area contributed by atoms with Gasteiger partial charge in [0.2, 0.25) is 5.91 Å². The second-order valence-corrected chi connectivity index (χ2v) is 4.34. The first-order chi connectivity index (χ1) is 7.48. The summed E-state index contributed by atoms with van der Waals surface area (Å²) < 4.78 is 0. The number of hydrogen-bond acceptors (Lipinski definition) is 3. The zero-order valence-electron chi connectivity index (χ0n) is 11.4. The number of amides is 1. The molecule has 4 heteroatoms. The van der Waals surface area contributed by atoms with Crippen LogP contribution >= 0.6 is 0 Å². The van der Waals surface area contributed by atoms with Gasteiger partial charge in [0.1, 0.15) is 0 Å². The van der Waals surface area contributed by atoms with Crippen molar-refractivity contribution in [2.45, 2.75) is 40.2 Å². The summed E-state index contributed by atoms with van der Waals surface area (Å²) in [7, 11) is 0. The van der Waals surface area contributed by atoms with Crippen LogP contribution in [0.15, 0.2) is 0 Å². The van der Waals surface area contributed by atoms with Gasteiger partial charge in [-0.2, -0.15) is 0 Å². The third-order valence-electron chi connectivity index (χ3n) is 3.21. The third-order valence-corrected chi connectivity index (χ3v) is 3.21. The molecule has 0 aromatic rings. The number of rotatable bonds is 3. The van der Waals surface area contributed by atoms with Crippen LogP contribution in [0, 0.1) is 0 Å². The molecule has 4 nitrogen and oxygen atoms in total. The first-order valence-electron chi connectivity index (χ1n) is 6.25. The Kier molecular flexibility index (Phi) is 6.60. The van der Waals surface area contributed by atoms with Crippen LogP contribution in [0.5, 0.6) is 0 Å². The van der Waals surface area contributed by atoms with Crippen molar-refractivity contribution in [1.82, 2.24) is 9.80 Å². The molecule has 0 saturated carbocycles. The van der Waals surface area contributed by atoms with Gasteiger partial charge in [0.25, 0.3) is 0 Å². The predicted octanol–water partition coefficient (Wildman–Crippen LogP) is 0.914. The highest BCUT2D eigenvalue weighted by molar-refractivity contribution is 5.83. The zero-order chi connectivity index (χ0) is 12.8. The summed E-state index contributed by atoms with van der Waals surface area (Å²) >= 11 is 0. The van der Waals surface area contributed by atoms with Gasteiger partial charge in [0.15, 0.2) is 0 Å². The van der Waals surface area contributed by atoms with Crippen molar-refractivity contribution in [2.75, 3.05) is 32.7 Å². The Morgan fingerprint density at radius 2 is 1.62 bits per heavy atom. The molecule has 0 aliphatic carbocycles. The molecule has 0 unspecified atom stereocenters. The van der Waals surface area contributed by atoms with Crippen LogP contribution < -0.4 is 5.73 Å². The molecule has 0 atom stereocenters. The van der Waals surface area contributed by atoms with E-state index < -0.39 is 5.54 Å². The van der Waals surface area contributed by atoms with Crippen molar-refractivity contribution in [3.05, 3.63) is 0 Å². The van der Waals surface area contributed by atoms with Crippen molar-refractivity contribution >= 4 is 5.91 Å². The Morgan fingerprint density at radius 3 is 1.94 bits per heavy atom. The maximum atomic E-state index is 11.2. The number of carbonyl (C=O) groups is 1. The average molecular weight is 229 g/mol. The number of piperazine rings is 1. The lowest BCUT2D eigenvalue weighted by Gasteiger charge is -2.41. The maximum Gasteiger partial charge on any atom is 0.237 e. The fourth-order valence-electron chi connectivity index (χ4n) is 1.78. The monoisotopic (exact) mass is 229 g/mol. The molecule has 1 saturated heterocycles. The molecular formula is C12H27N3O. The van der Waals surface area contributed by atoms with Crippen LogP contribution in [0.3, 0.4) is 0 Å². The van der Waals surface area contributed by atoms with Crippen molar-refractivity contribution < 1.29 is 4.79 Å². The number of nitrogens with zero attached hydrogens (tertiary/aromatic N) is 2. The molecule has 0 aromatic carbocycles. The normalized spacial score (nSPS) is 18.8. The molecule has 0 bridgehead atoms. The van der Waals surface area contributed by atoms with Crippen LogP contribution in [0.1, 0.15) is 34.6 Å². The van der Waals surface area contributed by atoms with E-state index in [1.807, 2.05) is 27.7 Å². The highest BCUT2D eigenvalue weighted by atomic mass is 16.1. The molecule has 0 spiro atoms. The predicted molar refractivity (Wildman–Crippen MR) is 68.3 cm³/mol. The Labute approximate surface area is 99.8 Å². The van der Waals surface area contributed by atoms with E-state index in [9.17, 15) is 4.79 Å². The van der Waals surface area contributed by atoms with Crippen LogP contribution in [0.25, 0.3) is 0 Å². The fraction of sp³-hybridized carbons (Fsp3) is 0.917. The molecule has 1 fully saturated rings. The van der Waals surface area contributed by atoms with E-state index >= 15 is 0 Å². The average Bonchev–Trinajstić information content (AvgIpc) is 2.31. The van der Waals surface area contributed by atoms with E-state index in [-0.39, 0.29) is 5.91 Å². The second kappa shape index (κ2) is 6.86. The molecular weight excluding hydrogens is 202 g/mol.